The van der Waals surface area contributed by atoms with E-state index in [1.165, 1.54) is 24.3 Å². The number of carbonyl (C=O) groups excluding carboxylic acids is 3. The van der Waals surface area contributed by atoms with E-state index in [4.69, 9.17) is 4.74 Å². The van der Waals surface area contributed by atoms with Gasteiger partial charge in [-0.1, -0.05) is 31.2 Å². The third-order valence-electron chi connectivity index (χ3n) is 5.26. The van der Waals surface area contributed by atoms with Crippen molar-refractivity contribution < 1.29 is 29.3 Å². The molecule has 0 spiro atoms. The van der Waals surface area contributed by atoms with Crippen LogP contribution in [0.1, 0.15) is 31.7 Å². The van der Waals surface area contributed by atoms with E-state index in [0.717, 1.165) is 5.56 Å². The second-order valence-corrected chi connectivity index (χ2v) is 7.51. The van der Waals surface area contributed by atoms with Gasteiger partial charge in [0.25, 0.3) is 0 Å². The molecule has 0 amide bonds. The topological polar surface area (TPSA) is 101 Å². The summed E-state index contributed by atoms with van der Waals surface area (Å²) in [7, 11) is 0. The Hall–Kier alpha value is -2.73. The van der Waals surface area contributed by atoms with E-state index in [0.29, 0.717) is 12.8 Å². The number of aromatic hydroxyl groups is 1. The number of Topliss-reactive ketones (excluding diaryl/α,β-unsaturated/α-hetero) is 1. The van der Waals surface area contributed by atoms with Crippen molar-refractivity contribution in [2.75, 3.05) is 0 Å². The Morgan fingerprint density at radius 2 is 2.00 bits per heavy atom. The second-order valence-electron chi connectivity index (χ2n) is 7.51. The molecule has 2 aliphatic rings. The van der Waals surface area contributed by atoms with Crippen molar-refractivity contribution >= 4 is 23.6 Å². The quantitative estimate of drug-likeness (QED) is 0.527. The highest BCUT2D eigenvalue weighted by atomic mass is 16.6. The predicted molar refractivity (Wildman–Crippen MR) is 102 cm³/mol. The van der Waals surface area contributed by atoms with Crippen LogP contribution in [0.25, 0.3) is 6.08 Å². The van der Waals surface area contributed by atoms with Crippen molar-refractivity contribution in [3.8, 4) is 5.75 Å². The molecule has 2 N–H and O–H groups in total. The molecule has 3 rings (SSSR count). The highest BCUT2D eigenvalue weighted by molar-refractivity contribution is 5.97. The fraction of sp³-hybridized carbons (Fsp3) is 0.409. The number of ether oxygens (including phenoxy) is 1. The van der Waals surface area contributed by atoms with Gasteiger partial charge in [0.15, 0.2) is 5.78 Å². The number of cyclic esters (lactones) is 1. The highest BCUT2D eigenvalue weighted by Crippen LogP contribution is 2.45. The van der Waals surface area contributed by atoms with Gasteiger partial charge in [-0.05, 0) is 36.1 Å². The van der Waals surface area contributed by atoms with Crippen LogP contribution in [0.3, 0.4) is 0 Å². The van der Waals surface area contributed by atoms with Gasteiger partial charge in [0, 0.05) is 30.8 Å². The lowest BCUT2D eigenvalue weighted by atomic mass is 9.93. The number of phenolic OH excluding ortho intramolecular Hbond substituents is 1. The Labute approximate surface area is 163 Å². The maximum Gasteiger partial charge on any atom is 0.330 e. The molecule has 1 aliphatic heterocycles. The number of benzene rings is 1. The molecule has 28 heavy (non-hydrogen) atoms. The van der Waals surface area contributed by atoms with Crippen molar-refractivity contribution in [2.45, 2.75) is 38.4 Å². The summed E-state index contributed by atoms with van der Waals surface area (Å²) in [6.07, 6.45) is 5.72. The normalized spacial score (nSPS) is 25.9. The maximum absolute atomic E-state index is 12.6. The molecule has 1 aliphatic carbocycles. The molecular formula is C22H24O6. The van der Waals surface area contributed by atoms with Gasteiger partial charge in [0.2, 0.25) is 0 Å². The molecule has 6 heteroatoms. The molecule has 0 bridgehead atoms. The van der Waals surface area contributed by atoms with Crippen LogP contribution < -0.4 is 0 Å². The first-order valence-electron chi connectivity index (χ1n) is 9.44. The third-order valence-corrected chi connectivity index (χ3v) is 5.26. The van der Waals surface area contributed by atoms with E-state index < -0.39 is 24.1 Å². The SMILES string of the molecule is CC(CC(=O)/C=C\c1ccc(O)cc1)C(=O)[C@H]1C[C@@H]1[C@H](O)[C@H]1CC=CC(=O)O1. The first-order chi connectivity index (χ1) is 13.3. The lowest BCUT2D eigenvalue weighted by Crippen LogP contribution is -2.35. The van der Waals surface area contributed by atoms with Crippen LogP contribution in [-0.2, 0) is 19.1 Å². The smallest absolute Gasteiger partial charge is 0.330 e. The number of esters is 1. The summed E-state index contributed by atoms with van der Waals surface area (Å²) in [5.41, 5.74) is 0.784. The number of hydrogen-bond donors (Lipinski definition) is 2. The molecule has 148 valence electrons. The van der Waals surface area contributed by atoms with Gasteiger partial charge >= 0.3 is 5.97 Å². The lowest BCUT2D eigenvalue weighted by Gasteiger charge is -2.24. The number of rotatable bonds is 8. The number of phenols is 1. The van der Waals surface area contributed by atoms with E-state index in [-0.39, 0.29) is 35.6 Å². The molecule has 0 radical (unpaired) electrons. The van der Waals surface area contributed by atoms with E-state index in [1.54, 1.807) is 31.2 Å². The molecule has 1 fully saturated rings. The zero-order chi connectivity index (χ0) is 20.3. The first kappa shape index (κ1) is 20.0. The minimum absolute atomic E-state index is 0.0342. The number of allylic oxidation sites excluding steroid dienone is 1. The van der Waals surface area contributed by atoms with E-state index in [1.807, 2.05) is 0 Å². The standard InChI is InChI=1S/C22H24O6/c1-13(11-16(24)10-7-14-5-8-15(23)9-6-14)21(26)17-12-18(17)22(27)19-3-2-4-20(25)28-19/h2,4-10,13,17-19,22-23,27H,3,11-12H2,1H3/b10-7-/t13?,17-,18-,19+,22-/m0/s1. The van der Waals surface area contributed by atoms with Crippen LogP contribution in [-0.4, -0.2) is 40.0 Å². The zero-order valence-electron chi connectivity index (χ0n) is 15.7. The Bertz CT molecular complexity index is 807. The lowest BCUT2D eigenvalue weighted by molar-refractivity contribution is -0.151. The molecule has 1 heterocycles. The van der Waals surface area contributed by atoms with Gasteiger partial charge in [-0.15, -0.1) is 0 Å². The van der Waals surface area contributed by atoms with Crippen molar-refractivity contribution in [2.24, 2.45) is 17.8 Å². The second kappa shape index (κ2) is 8.52. The summed E-state index contributed by atoms with van der Waals surface area (Å²) in [6.45, 7) is 1.72. The minimum Gasteiger partial charge on any atom is -0.508 e. The summed E-state index contributed by atoms with van der Waals surface area (Å²) < 4.78 is 5.12. The summed E-state index contributed by atoms with van der Waals surface area (Å²) in [5.74, 6) is -1.45. The van der Waals surface area contributed by atoms with Gasteiger partial charge < -0.3 is 14.9 Å². The fourth-order valence-electron chi connectivity index (χ4n) is 3.55. The molecule has 0 saturated heterocycles. The molecule has 1 saturated carbocycles. The van der Waals surface area contributed by atoms with E-state index in [9.17, 15) is 24.6 Å². The molecule has 1 unspecified atom stereocenters. The van der Waals surface area contributed by atoms with E-state index >= 15 is 0 Å². The zero-order valence-corrected chi connectivity index (χ0v) is 15.7. The Morgan fingerprint density at radius 3 is 2.68 bits per heavy atom. The molecule has 0 aromatic heterocycles. The van der Waals surface area contributed by atoms with Crippen molar-refractivity contribution in [1.82, 2.24) is 0 Å². The molecule has 6 nitrogen and oxygen atoms in total. The average molecular weight is 384 g/mol. The number of aliphatic hydroxyl groups is 1. The van der Waals surface area contributed by atoms with Crippen molar-refractivity contribution in [1.29, 1.82) is 0 Å². The van der Waals surface area contributed by atoms with Crippen LogP contribution in [0, 0.1) is 17.8 Å². The van der Waals surface area contributed by atoms with Gasteiger partial charge in [-0.25, -0.2) is 4.79 Å². The summed E-state index contributed by atoms with van der Waals surface area (Å²) in [6, 6.07) is 6.46. The number of ketones is 2. The van der Waals surface area contributed by atoms with Crippen LogP contribution in [0.5, 0.6) is 5.75 Å². The Kier molecular flexibility index (Phi) is 6.09. The van der Waals surface area contributed by atoms with Crippen LogP contribution in [0.2, 0.25) is 0 Å². The third kappa shape index (κ3) is 4.95. The highest BCUT2D eigenvalue weighted by Gasteiger charge is 2.51. The predicted octanol–water partition coefficient (Wildman–Crippen LogP) is 2.44. The van der Waals surface area contributed by atoms with Gasteiger partial charge in [0.05, 0.1) is 6.10 Å². The first-order valence-corrected chi connectivity index (χ1v) is 9.44. The van der Waals surface area contributed by atoms with Crippen LogP contribution in [0.15, 0.2) is 42.5 Å². The molecular weight excluding hydrogens is 360 g/mol. The number of carbonyl (C=O) groups is 3. The Balaban J connectivity index is 1.48. The van der Waals surface area contributed by atoms with Gasteiger partial charge in [0.1, 0.15) is 17.6 Å². The monoisotopic (exact) mass is 384 g/mol. The fourth-order valence-corrected chi connectivity index (χ4v) is 3.55. The van der Waals surface area contributed by atoms with Gasteiger partial charge in [-0.2, -0.15) is 0 Å². The number of aliphatic hydroxyl groups excluding tert-OH is 1. The van der Waals surface area contributed by atoms with Crippen LogP contribution >= 0.6 is 0 Å². The average Bonchev–Trinajstić information content (AvgIpc) is 3.47. The summed E-state index contributed by atoms with van der Waals surface area (Å²) in [5, 5.41) is 19.6. The summed E-state index contributed by atoms with van der Waals surface area (Å²) >= 11 is 0. The van der Waals surface area contributed by atoms with Gasteiger partial charge in [-0.3, -0.25) is 9.59 Å². The van der Waals surface area contributed by atoms with E-state index in [2.05, 4.69) is 0 Å². The van der Waals surface area contributed by atoms with Crippen LogP contribution in [0.4, 0.5) is 0 Å². The van der Waals surface area contributed by atoms with Crippen molar-refractivity contribution in [3.05, 3.63) is 48.1 Å². The molecule has 1 aromatic carbocycles. The maximum atomic E-state index is 12.6. The molecule has 1 aromatic rings. The Morgan fingerprint density at radius 1 is 1.29 bits per heavy atom. The largest absolute Gasteiger partial charge is 0.508 e. The van der Waals surface area contributed by atoms with Crippen molar-refractivity contribution in [3.63, 3.8) is 0 Å². The molecule has 5 atom stereocenters. The summed E-state index contributed by atoms with van der Waals surface area (Å²) in [4.78, 5) is 36.0. The number of hydrogen-bond acceptors (Lipinski definition) is 6. The minimum atomic E-state index is -0.861.